The van der Waals surface area contributed by atoms with Crippen molar-refractivity contribution in [2.75, 3.05) is 29.9 Å². The van der Waals surface area contributed by atoms with Gasteiger partial charge in [-0.15, -0.1) is 0 Å². The predicted octanol–water partition coefficient (Wildman–Crippen LogP) is 2.78. The van der Waals surface area contributed by atoms with E-state index in [0.29, 0.717) is 25.3 Å². The zero-order valence-corrected chi connectivity index (χ0v) is 14.6. The van der Waals surface area contributed by atoms with E-state index in [0.717, 1.165) is 18.8 Å². The lowest BCUT2D eigenvalue weighted by molar-refractivity contribution is -0.134. The number of nitrogens with zero attached hydrogens (tertiary/aromatic N) is 1. The summed E-state index contributed by atoms with van der Waals surface area (Å²) in [6.45, 7) is 6.90. The van der Waals surface area contributed by atoms with Gasteiger partial charge in [-0.3, -0.25) is 9.59 Å². The fraction of sp³-hybridized carbons (Fsp3) is 0.579. The average Bonchev–Trinajstić information content (AvgIpc) is 3.21. The van der Waals surface area contributed by atoms with Crippen LogP contribution in [0.5, 0.6) is 0 Å². The van der Waals surface area contributed by atoms with Crippen molar-refractivity contribution in [2.24, 2.45) is 11.3 Å². The summed E-state index contributed by atoms with van der Waals surface area (Å²) < 4.78 is 0. The highest BCUT2D eigenvalue weighted by molar-refractivity contribution is 6.13. The van der Waals surface area contributed by atoms with E-state index in [1.54, 1.807) is 0 Å². The second kappa shape index (κ2) is 6.83. The van der Waals surface area contributed by atoms with E-state index < -0.39 is 5.41 Å². The first-order valence-electron chi connectivity index (χ1n) is 8.96. The number of hydrogen-bond acceptors (Lipinski definition) is 3. The van der Waals surface area contributed by atoms with Crippen LogP contribution in [0.25, 0.3) is 0 Å². The minimum absolute atomic E-state index is 0.137. The van der Waals surface area contributed by atoms with E-state index in [1.807, 2.05) is 38.1 Å². The summed E-state index contributed by atoms with van der Waals surface area (Å²) in [5, 5.41) is 5.80. The van der Waals surface area contributed by atoms with Crippen LogP contribution in [0.4, 0.5) is 11.4 Å². The smallest absolute Gasteiger partial charge is 0.240 e. The maximum atomic E-state index is 12.5. The van der Waals surface area contributed by atoms with Crippen LogP contribution in [-0.4, -0.2) is 31.4 Å². The summed E-state index contributed by atoms with van der Waals surface area (Å²) in [4.78, 5) is 27.2. The van der Waals surface area contributed by atoms with Crippen LogP contribution in [0, 0.1) is 11.3 Å². The molecular weight excluding hydrogens is 302 g/mol. The normalized spacial score (nSPS) is 18.5. The van der Waals surface area contributed by atoms with Crippen LogP contribution in [0.3, 0.4) is 0 Å². The molecule has 5 nitrogen and oxygen atoms in total. The molecule has 0 spiro atoms. The second-order valence-corrected chi connectivity index (χ2v) is 7.38. The number of carbonyl (C=O) groups excluding carboxylic acids is 2. The number of anilines is 2. The molecule has 5 heteroatoms. The van der Waals surface area contributed by atoms with Gasteiger partial charge in [0.2, 0.25) is 11.8 Å². The Balaban J connectivity index is 1.59. The lowest BCUT2D eigenvalue weighted by Crippen LogP contribution is -2.41. The van der Waals surface area contributed by atoms with Crippen LogP contribution >= 0.6 is 0 Å². The number of nitrogens with one attached hydrogen (secondary N) is 2. The summed E-state index contributed by atoms with van der Waals surface area (Å²) in [5.41, 5.74) is 1.09. The minimum atomic E-state index is -0.859. The van der Waals surface area contributed by atoms with Crippen molar-refractivity contribution in [3.63, 3.8) is 0 Å². The predicted molar refractivity (Wildman–Crippen MR) is 96.0 cm³/mol. The molecule has 1 saturated carbocycles. The van der Waals surface area contributed by atoms with Gasteiger partial charge in [0.25, 0.3) is 0 Å². The molecule has 1 aromatic rings. The monoisotopic (exact) mass is 329 g/mol. The highest BCUT2D eigenvalue weighted by atomic mass is 16.2. The van der Waals surface area contributed by atoms with E-state index in [2.05, 4.69) is 15.5 Å². The maximum absolute atomic E-state index is 12.5. The van der Waals surface area contributed by atoms with E-state index >= 15 is 0 Å². The summed E-state index contributed by atoms with van der Waals surface area (Å²) >= 11 is 0. The minimum Gasteiger partial charge on any atom is -0.372 e. The van der Waals surface area contributed by atoms with Crippen molar-refractivity contribution in [1.29, 1.82) is 0 Å². The van der Waals surface area contributed by atoms with Gasteiger partial charge in [0, 0.05) is 31.0 Å². The first kappa shape index (κ1) is 16.8. The Bertz CT molecular complexity index is 600. The molecule has 1 aliphatic heterocycles. The molecule has 24 heavy (non-hydrogen) atoms. The molecule has 2 amide bonds. The third-order valence-electron chi connectivity index (χ3n) is 4.89. The molecule has 2 fully saturated rings. The largest absolute Gasteiger partial charge is 0.372 e. The van der Waals surface area contributed by atoms with Gasteiger partial charge in [0.15, 0.2) is 0 Å². The number of hydrogen-bond donors (Lipinski definition) is 2. The fourth-order valence-corrected chi connectivity index (χ4v) is 3.13. The van der Waals surface area contributed by atoms with Gasteiger partial charge in [-0.1, -0.05) is 13.8 Å². The Labute approximate surface area is 143 Å². The molecule has 0 unspecified atom stereocenters. The molecular formula is C19H27N3O2. The van der Waals surface area contributed by atoms with Gasteiger partial charge in [0.1, 0.15) is 5.41 Å². The zero-order valence-electron chi connectivity index (χ0n) is 14.6. The number of amides is 2. The first-order valence-corrected chi connectivity index (χ1v) is 8.96. The van der Waals surface area contributed by atoms with Crippen molar-refractivity contribution < 1.29 is 9.59 Å². The second-order valence-electron chi connectivity index (χ2n) is 7.38. The average molecular weight is 329 g/mol. The third-order valence-corrected chi connectivity index (χ3v) is 4.89. The number of rotatable bonds is 6. The Morgan fingerprint density at radius 3 is 2.25 bits per heavy atom. The van der Waals surface area contributed by atoms with E-state index in [-0.39, 0.29) is 11.8 Å². The molecule has 0 bridgehead atoms. The molecule has 0 atom stereocenters. The van der Waals surface area contributed by atoms with Crippen LogP contribution in [-0.2, 0) is 9.59 Å². The van der Waals surface area contributed by atoms with Gasteiger partial charge in [-0.2, -0.15) is 0 Å². The molecule has 130 valence electrons. The van der Waals surface area contributed by atoms with Gasteiger partial charge >= 0.3 is 0 Å². The lowest BCUT2D eigenvalue weighted by atomic mass is 10.0. The van der Waals surface area contributed by atoms with E-state index in [9.17, 15) is 9.59 Å². The number of carbonyl (C=O) groups is 2. The Hall–Kier alpha value is -2.04. The summed E-state index contributed by atoms with van der Waals surface area (Å²) in [6, 6.07) is 7.93. The fourth-order valence-electron chi connectivity index (χ4n) is 3.13. The quantitative estimate of drug-likeness (QED) is 0.789. The Kier molecular flexibility index (Phi) is 4.78. The van der Waals surface area contributed by atoms with Crippen molar-refractivity contribution >= 4 is 23.2 Å². The van der Waals surface area contributed by atoms with Crippen molar-refractivity contribution in [2.45, 2.75) is 39.5 Å². The van der Waals surface area contributed by atoms with Crippen LogP contribution in [0.1, 0.15) is 39.5 Å². The van der Waals surface area contributed by atoms with Crippen LogP contribution in [0.15, 0.2) is 24.3 Å². The van der Waals surface area contributed by atoms with Gasteiger partial charge in [0.05, 0.1) is 0 Å². The molecule has 2 N–H and O–H groups in total. The van der Waals surface area contributed by atoms with Crippen LogP contribution in [0.2, 0.25) is 0 Å². The highest BCUT2D eigenvalue weighted by Crippen LogP contribution is 2.46. The molecule has 1 aliphatic carbocycles. The molecule has 2 aliphatic rings. The molecule has 3 rings (SSSR count). The number of benzene rings is 1. The van der Waals surface area contributed by atoms with Gasteiger partial charge < -0.3 is 15.5 Å². The maximum Gasteiger partial charge on any atom is 0.240 e. The highest BCUT2D eigenvalue weighted by Gasteiger charge is 2.56. The molecule has 0 radical (unpaired) electrons. The van der Waals surface area contributed by atoms with Gasteiger partial charge in [-0.25, -0.2) is 0 Å². The topological polar surface area (TPSA) is 61.4 Å². The molecule has 0 aromatic heterocycles. The van der Waals surface area contributed by atoms with E-state index in [4.69, 9.17) is 0 Å². The van der Waals surface area contributed by atoms with Gasteiger partial charge in [-0.05, 0) is 55.9 Å². The third kappa shape index (κ3) is 3.55. The molecule has 1 saturated heterocycles. The van der Waals surface area contributed by atoms with E-state index in [1.165, 1.54) is 18.5 Å². The summed E-state index contributed by atoms with van der Waals surface area (Å²) in [7, 11) is 0. The summed E-state index contributed by atoms with van der Waals surface area (Å²) in [6.07, 6.45) is 3.75. The van der Waals surface area contributed by atoms with Crippen molar-refractivity contribution in [1.82, 2.24) is 5.32 Å². The van der Waals surface area contributed by atoms with Crippen molar-refractivity contribution in [3.05, 3.63) is 24.3 Å². The lowest BCUT2D eigenvalue weighted by Gasteiger charge is -2.19. The summed E-state index contributed by atoms with van der Waals surface area (Å²) in [5.74, 6) is 0.0611. The zero-order chi connectivity index (χ0) is 17.2. The Morgan fingerprint density at radius 2 is 1.71 bits per heavy atom. The molecule has 1 heterocycles. The SMILES string of the molecule is CC(C)CNC(=O)C1(C(=O)Nc2ccc(N3CCCC3)cc2)CC1. The molecule has 1 aromatic carbocycles. The first-order chi connectivity index (χ1) is 11.5. The Morgan fingerprint density at radius 1 is 1.08 bits per heavy atom. The van der Waals surface area contributed by atoms with Crippen molar-refractivity contribution in [3.8, 4) is 0 Å². The van der Waals surface area contributed by atoms with Crippen LogP contribution < -0.4 is 15.5 Å². The standard InChI is InChI=1S/C19H27N3O2/c1-14(2)13-20-17(23)19(9-10-19)18(24)21-15-5-7-16(8-6-15)22-11-3-4-12-22/h5-8,14H,3-4,9-13H2,1-2H3,(H,20,23)(H,21,24).